The molecule has 0 unspecified atom stereocenters. The number of anilines is 1. The number of fused-ring (bicyclic) bond motifs is 1. The van der Waals surface area contributed by atoms with Crippen molar-refractivity contribution >= 4 is 34.4 Å². The molecule has 0 heterocycles. The molecule has 0 bridgehead atoms. The van der Waals surface area contributed by atoms with Crippen molar-refractivity contribution < 1.29 is 14.3 Å². The second-order valence-electron chi connectivity index (χ2n) is 7.13. The first-order chi connectivity index (χ1) is 15.6. The van der Waals surface area contributed by atoms with E-state index in [1.165, 1.54) is 0 Å². The summed E-state index contributed by atoms with van der Waals surface area (Å²) in [6.45, 7) is 0. The van der Waals surface area contributed by atoms with Crippen LogP contribution in [0.25, 0.3) is 16.8 Å². The van der Waals surface area contributed by atoms with Crippen LogP contribution in [0.4, 0.5) is 5.69 Å². The van der Waals surface area contributed by atoms with Gasteiger partial charge in [0.2, 0.25) is 0 Å². The Morgan fingerprint density at radius 1 is 0.812 bits per heavy atom. The van der Waals surface area contributed by atoms with Gasteiger partial charge in [0.05, 0.1) is 7.11 Å². The summed E-state index contributed by atoms with van der Waals surface area (Å²) in [6, 6.07) is 29.6. The smallest absolute Gasteiger partial charge is 0.272 e. The summed E-state index contributed by atoms with van der Waals surface area (Å²) in [4.78, 5) is 26.0. The predicted molar refractivity (Wildman–Crippen MR) is 127 cm³/mol. The van der Waals surface area contributed by atoms with Crippen LogP contribution < -0.4 is 15.4 Å². The van der Waals surface area contributed by atoms with Gasteiger partial charge < -0.3 is 15.4 Å². The minimum Gasteiger partial charge on any atom is -0.497 e. The lowest BCUT2D eigenvalue weighted by atomic mass is 10.0. The molecule has 0 aliphatic rings. The third-order valence-electron chi connectivity index (χ3n) is 4.98. The molecule has 5 heteroatoms. The van der Waals surface area contributed by atoms with Crippen molar-refractivity contribution in [2.45, 2.75) is 0 Å². The zero-order valence-corrected chi connectivity index (χ0v) is 17.5. The Hall–Kier alpha value is -4.38. The number of carbonyl (C=O) groups is 2. The number of carbonyl (C=O) groups excluding carboxylic acids is 2. The molecule has 0 fully saturated rings. The molecular weight excluding hydrogens is 400 g/mol. The number of amides is 2. The van der Waals surface area contributed by atoms with Gasteiger partial charge in [0.25, 0.3) is 11.8 Å². The molecule has 2 N–H and O–H groups in total. The molecular formula is C27H22N2O3. The first kappa shape index (κ1) is 20.9. The van der Waals surface area contributed by atoms with E-state index in [4.69, 9.17) is 4.74 Å². The Bertz CT molecular complexity index is 1290. The molecule has 32 heavy (non-hydrogen) atoms. The monoisotopic (exact) mass is 422 g/mol. The van der Waals surface area contributed by atoms with E-state index in [1.54, 1.807) is 61.7 Å². The molecule has 4 aromatic rings. The maximum absolute atomic E-state index is 13.2. The molecule has 0 saturated carbocycles. The fourth-order valence-corrected chi connectivity index (χ4v) is 3.37. The van der Waals surface area contributed by atoms with E-state index >= 15 is 0 Å². The molecule has 5 nitrogen and oxygen atoms in total. The van der Waals surface area contributed by atoms with Gasteiger partial charge in [-0.3, -0.25) is 9.59 Å². The van der Waals surface area contributed by atoms with Crippen LogP contribution in [0.15, 0.2) is 103 Å². The number of nitrogens with one attached hydrogen (secondary N) is 2. The minimum absolute atomic E-state index is 0.137. The van der Waals surface area contributed by atoms with Crippen molar-refractivity contribution in [3.63, 3.8) is 0 Å². The highest BCUT2D eigenvalue weighted by molar-refractivity contribution is 6.11. The van der Waals surface area contributed by atoms with Gasteiger partial charge in [0.15, 0.2) is 0 Å². The lowest BCUT2D eigenvalue weighted by Gasteiger charge is -2.13. The zero-order valence-electron chi connectivity index (χ0n) is 17.5. The highest BCUT2D eigenvalue weighted by atomic mass is 16.5. The molecule has 2 amide bonds. The largest absolute Gasteiger partial charge is 0.497 e. The number of methoxy groups -OCH3 is 1. The van der Waals surface area contributed by atoms with Gasteiger partial charge in [0, 0.05) is 17.3 Å². The van der Waals surface area contributed by atoms with Gasteiger partial charge in [-0.2, -0.15) is 0 Å². The number of benzene rings is 4. The summed E-state index contributed by atoms with van der Waals surface area (Å²) in [7, 11) is 1.56. The molecule has 0 radical (unpaired) electrons. The lowest BCUT2D eigenvalue weighted by molar-refractivity contribution is -0.113. The van der Waals surface area contributed by atoms with Gasteiger partial charge in [0.1, 0.15) is 11.4 Å². The molecule has 158 valence electrons. The van der Waals surface area contributed by atoms with Crippen LogP contribution in [0.3, 0.4) is 0 Å². The van der Waals surface area contributed by atoms with Gasteiger partial charge in [-0.15, -0.1) is 0 Å². The van der Waals surface area contributed by atoms with Crippen molar-refractivity contribution in [1.29, 1.82) is 0 Å². The van der Waals surface area contributed by atoms with E-state index in [9.17, 15) is 9.59 Å². The van der Waals surface area contributed by atoms with Crippen molar-refractivity contribution in [2.75, 3.05) is 12.4 Å². The normalized spacial score (nSPS) is 11.1. The molecule has 0 aliphatic heterocycles. The Morgan fingerprint density at radius 3 is 2.34 bits per heavy atom. The Morgan fingerprint density at radius 2 is 1.53 bits per heavy atom. The first-order valence-corrected chi connectivity index (χ1v) is 10.2. The van der Waals surface area contributed by atoms with Crippen LogP contribution in [-0.2, 0) is 4.79 Å². The molecule has 0 spiro atoms. The van der Waals surface area contributed by atoms with Crippen LogP contribution in [-0.4, -0.2) is 18.9 Å². The predicted octanol–water partition coefficient (Wildman–Crippen LogP) is 5.26. The van der Waals surface area contributed by atoms with E-state index < -0.39 is 5.91 Å². The maximum atomic E-state index is 13.2. The first-order valence-electron chi connectivity index (χ1n) is 10.2. The third-order valence-corrected chi connectivity index (χ3v) is 4.98. The van der Waals surface area contributed by atoms with Crippen molar-refractivity contribution in [3.05, 3.63) is 114 Å². The van der Waals surface area contributed by atoms with Gasteiger partial charge >= 0.3 is 0 Å². The number of hydrogen-bond donors (Lipinski definition) is 2. The highest BCUT2D eigenvalue weighted by Gasteiger charge is 2.16. The van der Waals surface area contributed by atoms with E-state index in [-0.39, 0.29) is 11.6 Å². The summed E-state index contributed by atoms with van der Waals surface area (Å²) < 4.78 is 5.23. The van der Waals surface area contributed by atoms with Crippen LogP contribution >= 0.6 is 0 Å². The SMILES string of the molecule is COc1cccc(NC(=O)C(=Cc2cccc3ccccc23)NC(=O)c2ccccc2)c1. The van der Waals surface area contributed by atoms with Crippen LogP contribution in [0.2, 0.25) is 0 Å². The standard InChI is InChI=1S/C27H22N2O3/c1-32-23-15-8-14-22(18-23)28-27(31)25(29-26(30)20-10-3-2-4-11-20)17-21-13-7-12-19-9-5-6-16-24(19)21/h2-18H,1H3,(H,28,31)(H,29,30). The van der Waals surface area contributed by atoms with E-state index in [0.717, 1.165) is 16.3 Å². The second-order valence-corrected chi connectivity index (χ2v) is 7.13. The number of ether oxygens (including phenoxy) is 1. The second kappa shape index (κ2) is 9.62. The average Bonchev–Trinajstić information content (AvgIpc) is 2.84. The summed E-state index contributed by atoms with van der Waals surface area (Å²) >= 11 is 0. The molecule has 4 aromatic carbocycles. The molecule has 0 aliphatic carbocycles. The van der Waals surface area contributed by atoms with E-state index in [0.29, 0.717) is 17.0 Å². The maximum Gasteiger partial charge on any atom is 0.272 e. The van der Waals surface area contributed by atoms with Gasteiger partial charge in [-0.25, -0.2) is 0 Å². The Labute approximate surface area is 186 Å². The van der Waals surface area contributed by atoms with Crippen molar-refractivity contribution in [1.82, 2.24) is 5.32 Å². The highest BCUT2D eigenvalue weighted by Crippen LogP contribution is 2.22. The topological polar surface area (TPSA) is 67.4 Å². The minimum atomic E-state index is -0.435. The van der Waals surface area contributed by atoms with E-state index in [2.05, 4.69) is 10.6 Å². The van der Waals surface area contributed by atoms with Gasteiger partial charge in [-0.1, -0.05) is 66.7 Å². The Kier molecular flexibility index (Phi) is 6.28. The fourth-order valence-electron chi connectivity index (χ4n) is 3.37. The fraction of sp³-hybridized carbons (Fsp3) is 0.0370. The molecule has 4 rings (SSSR count). The summed E-state index contributed by atoms with van der Waals surface area (Å²) in [5.74, 6) is -0.177. The average molecular weight is 422 g/mol. The van der Waals surface area contributed by atoms with E-state index in [1.807, 2.05) is 48.5 Å². The third kappa shape index (κ3) is 4.84. The van der Waals surface area contributed by atoms with Crippen LogP contribution in [0.1, 0.15) is 15.9 Å². The van der Waals surface area contributed by atoms with Crippen molar-refractivity contribution in [3.8, 4) is 5.75 Å². The van der Waals surface area contributed by atoms with Crippen LogP contribution in [0.5, 0.6) is 5.75 Å². The van der Waals surface area contributed by atoms with Gasteiger partial charge in [-0.05, 0) is 46.7 Å². The summed E-state index contributed by atoms with van der Waals surface area (Å²) in [5, 5.41) is 7.64. The number of rotatable bonds is 6. The van der Waals surface area contributed by atoms with Crippen LogP contribution in [0, 0.1) is 0 Å². The Balaban J connectivity index is 1.71. The summed E-state index contributed by atoms with van der Waals surface area (Å²) in [6.07, 6.45) is 1.69. The molecule has 0 saturated heterocycles. The number of hydrogen-bond acceptors (Lipinski definition) is 3. The summed E-state index contributed by atoms with van der Waals surface area (Å²) in [5.41, 5.74) is 1.99. The quantitative estimate of drug-likeness (QED) is 0.417. The zero-order chi connectivity index (χ0) is 22.3. The molecule has 0 atom stereocenters. The lowest BCUT2D eigenvalue weighted by Crippen LogP contribution is -2.30. The molecule has 0 aromatic heterocycles. The van der Waals surface area contributed by atoms with Crippen molar-refractivity contribution in [2.24, 2.45) is 0 Å².